The van der Waals surface area contributed by atoms with Crippen molar-refractivity contribution in [3.8, 4) is 5.75 Å². The highest BCUT2D eigenvalue weighted by molar-refractivity contribution is 7.90. The molecule has 0 aliphatic carbocycles. The van der Waals surface area contributed by atoms with E-state index in [1.165, 1.54) is 24.3 Å². The molecule has 9 heteroatoms. The van der Waals surface area contributed by atoms with Crippen LogP contribution in [0.1, 0.15) is 24.4 Å². The normalized spacial score (nSPS) is 16.6. The SMILES string of the molecule is COc1ccccc1C(CNS(=O)(=O)c1ccc(S(C)(=O)=O)cc1)N1CCCC1. The molecule has 0 saturated carbocycles. The minimum Gasteiger partial charge on any atom is -0.496 e. The molecule has 1 N–H and O–H groups in total. The molecule has 1 saturated heterocycles. The van der Waals surface area contributed by atoms with Gasteiger partial charge in [-0.05, 0) is 56.3 Å². The summed E-state index contributed by atoms with van der Waals surface area (Å²) in [6.45, 7) is 1.98. The number of benzene rings is 2. The second-order valence-electron chi connectivity index (χ2n) is 7.10. The van der Waals surface area contributed by atoms with Crippen molar-refractivity contribution in [3.63, 3.8) is 0 Å². The van der Waals surface area contributed by atoms with E-state index in [0.29, 0.717) is 0 Å². The van der Waals surface area contributed by atoms with Crippen LogP contribution in [0.5, 0.6) is 5.75 Å². The fourth-order valence-corrected chi connectivity index (χ4v) is 5.24. The van der Waals surface area contributed by atoms with Crippen molar-refractivity contribution in [1.29, 1.82) is 0 Å². The van der Waals surface area contributed by atoms with Crippen molar-refractivity contribution < 1.29 is 21.6 Å². The lowest BCUT2D eigenvalue weighted by Crippen LogP contribution is -2.37. The van der Waals surface area contributed by atoms with E-state index in [0.717, 1.165) is 43.5 Å². The van der Waals surface area contributed by atoms with Gasteiger partial charge in [-0.25, -0.2) is 21.6 Å². The van der Waals surface area contributed by atoms with Gasteiger partial charge < -0.3 is 4.74 Å². The Morgan fingerprint density at radius 3 is 2.14 bits per heavy atom. The third-order valence-corrected chi connectivity index (χ3v) is 7.68. The molecule has 0 radical (unpaired) electrons. The summed E-state index contributed by atoms with van der Waals surface area (Å²) in [5.74, 6) is 0.723. The molecule has 29 heavy (non-hydrogen) atoms. The summed E-state index contributed by atoms with van der Waals surface area (Å²) in [6.07, 6.45) is 3.24. The van der Waals surface area contributed by atoms with E-state index in [9.17, 15) is 16.8 Å². The molecule has 0 spiro atoms. The average molecular weight is 439 g/mol. The number of rotatable bonds is 8. The van der Waals surface area contributed by atoms with Crippen LogP contribution >= 0.6 is 0 Å². The molecular formula is C20H26N2O5S2. The topological polar surface area (TPSA) is 92.8 Å². The van der Waals surface area contributed by atoms with Gasteiger partial charge in [0.25, 0.3) is 0 Å². The number of hydrogen-bond donors (Lipinski definition) is 1. The van der Waals surface area contributed by atoms with Gasteiger partial charge in [-0.15, -0.1) is 0 Å². The Morgan fingerprint density at radius 1 is 0.966 bits per heavy atom. The van der Waals surface area contributed by atoms with Crippen LogP contribution in [0.15, 0.2) is 58.3 Å². The van der Waals surface area contributed by atoms with Crippen molar-refractivity contribution in [2.75, 3.05) is 33.0 Å². The molecule has 1 unspecified atom stereocenters. The molecule has 0 aromatic heterocycles. The Balaban J connectivity index is 1.83. The first-order valence-electron chi connectivity index (χ1n) is 9.39. The van der Waals surface area contributed by atoms with Crippen molar-refractivity contribution in [2.45, 2.75) is 28.7 Å². The predicted molar refractivity (Wildman–Crippen MR) is 111 cm³/mol. The van der Waals surface area contributed by atoms with Crippen LogP contribution in [-0.2, 0) is 19.9 Å². The van der Waals surface area contributed by atoms with Crippen LogP contribution in [0, 0.1) is 0 Å². The van der Waals surface area contributed by atoms with Crippen LogP contribution < -0.4 is 9.46 Å². The van der Waals surface area contributed by atoms with Crippen molar-refractivity contribution in [3.05, 3.63) is 54.1 Å². The van der Waals surface area contributed by atoms with Crippen LogP contribution in [0.2, 0.25) is 0 Å². The highest BCUT2D eigenvalue weighted by Gasteiger charge is 2.27. The second kappa shape index (κ2) is 8.83. The number of sulfonamides is 1. The molecule has 1 fully saturated rings. The third kappa shape index (κ3) is 5.16. The van der Waals surface area contributed by atoms with Crippen LogP contribution in [0.3, 0.4) is 0 Å². The molecule has 1 aliphatic rings. The number of likely N-dealkylation sites (tertiary alicyclic amines) is 1. The highest BCUT2D eigenvalue weighted by Crippen LogP contribution is 2.31. The van der Waals surface area contributed by atoms with E-state index >= 15 is 0 Å². The zero-order valence-electron chi connectivity index (χ0n) is 16.5. The van der Waals surface area contributed by atoms with Gasteiger partial charge in [-0.3, -0.25) is 4.90 Å². The van der Waals surface area contributed by atoms with Gasteiger partial charge in [0.15, 0.2) is 9.84 Å². The lowest BCUT2D eigenvalue weighted by molar-refractivity contribution is 0.240. The average Bonchev–Trinajstić information content (AvgIpc) is 3.22. The Morgan fingerprint density at radius 2 is 1.55 bits per heavy atom. The fourth-order valence-electron chi connectivity index (χ4n) is 3.57. The summed E-state index contributed by atoms with van der Waals surface area (Å²) in [5, 5.41) is 0. The highest BCUT2D eigenvalue weighted by atomic mass is 32.2. The maximum absolute atomic E-state index is 12.8. The maximum atomic E-state index is 12.8. The number of hydrogen-bond acceptors (Lipinski definition) is 6. The zero-order chi connectivity index (χ0) is 21.1. The van der Waals surface area contributed by atoms with Crippen molar-refractivity contribution in [1.82, 2.24) is 9.62 Å². The predicted octanol–water partition coefficient (Wildman–Crippen LogP) is 2.21. The Hall–Kier alpha value is -1.94. The second-order valence-corrected chi connectivity index (χ2v) is 10.9. The van der Waals surface area contributed by atoms with Gasteiger partial charge in [-0.1, -0.05) is 18.2 Å². The van der Waals surface area contributed by atoms with Gasteiger partial charge in [-0.2, -0.15) is 0 Å². The number of nitrogens with one attached hydrogen (secondary N) is 1. The molecular weight excluding hydrogens is 412 g/mol. The van der Waals surface area contributed by atoms with Crippen molar-refractivity contribution >= 4 is 19.9 Å². The first-order chi connectivity index (χ1) is 13.7. The summed E-state index contributed by atoms with van der Waals surface area (Å²) in [7, 11) is -5.56. The quantitative estimate of drug-likeness (QED) is 0.679. The van der Waals surface area contributed by atoms with Crippen LogP contribution in [-0.4, -0.2) is 54.7 Å². The lowest BCUT2D eigenvalue weighted by Gasteiger charge is -2.29. The van der Waals surface area contributed by atoms with E-state index in [1.54, 1.807) is 7.11 Å². The van der Waals surface area contributed by atoms with Gasteiger partial charge >= 0.3 is 0 Å². The van der Waals surface area contributed by atoms with Gasteiger partial charge in [0, 0.05) is 18.4 Å². The first kappa shape index (κ1) is 21.8. The summed E-state index contributed by atoms with van der Waals surface area (Å²) in [5.41, 5.74) is 0.937. The van der Waals surface area contributed by atoms with E-state index in [2.05, 4.69) is 9.62 Å². The summed E-state index contributed by atoms with van der Waals surface area (Å²) in [4.78, 5) is 2.37. The molecule has 0 amide bonds. The van der Waals surface area contributed by atoms with Gasteiger partial charge in [0.05, 0.1) is 22.9 Å². The molecule has 158 valence electrons. The molecule has 7 nitrogen and oxygen atoms in total. The first-order valence-corrected chi connectivity index (χ1v) is 12.8. The number of methoxy groups -OCH3 is 1. The standard InChI is InChI=1S/C20H26N2O5S2/c1-27-20-8-4-3-7-18(20)19(22-13-5-6-14-22)15-21-29(25,26)17-11-9-16(10-12-17)28(2,23)24/h3-4,7-12,19,21H,5-6,13-15H2,1-2H3. The van der Waals surface area contributed by atoms with Gasteiger partial charge in [0.1, 0.15) is 5.75 Å². The molecule has 1 heterocycles. The van der Waals surface area contributed by atoms with Gasteiger partial charge in [0.2, 0.25) is 10.0 Å². The maximum Gasteiger partial charge on any atom is 0.240 e. The lowest BCUT2D eigenvalue weighted by atomic mass is 10.0. The summed E-state index contributed by atoms with van der Waals surface area (Å²) >= 11 is 0. The number of ether oxygens (including phenoxy) is 1. The zero-order valence-corrected chi connectivity index (χ0v) is 18.2. The van der Waals surface area contributed by atoms with Crippen LogP contribution in [0.25, 0.3) is 0 Å². The molecule has 2 aromatic rings. The largest absolute Gasteiger partial charge is 0.496 e. The number of sulfone groups is 1. The minimum atomic E-state index is -3.79. The minimum absolute atomic E-state index is 0.0325. The molecule has 1 aliphatic heterocycles. The molecule has 2 aromatic carbocycles. The monoisotopic (exact) mass is 438 g/mol. The van der Waals surface area contributed by atoms with Crippen LogP contribution in [0.4, 0.5) is 0 Å². The Bertz CT molecular complexity index is 1040. The van der Waals surface area contributed by atoms with E-state index in [1.807, 2.05) is 24.3 Å². The summed E-state index contributed by atoms with van der Waals surface area (Å²) in [6, 6.07) is 12.7. The fraction of sp³-hybridized carbons (Fsp3) is 0.400. The smallest absolute Gasteiger partial charge is 0.240 e. The number of nitrogens with zero attached hydrogens (tertiary/aromatic N) is 1. The van der Waals surface area contributed by atoms with E-state index in [4.69, 9.17) is 4.74 Å². The number of para-hydroxylation sites is 1. The van der Waals surface area contributed by atoms with E-state index in [-0.39, 0.29) is 22.4 Å². The summed E-state index contributed by atoms with van der Waals surface area (Å²) < 4.78 is 56.9. The Labute approximate surface area is 172 Å². The van der Waals surface area contributed by atoms with Crippen molar-refractivity contribution in [2.24, 2.45) is 0 Å². The molecule has 1 atom stereocenters. The molecule has 3 rings (SSSR count). The Kier molecular flexibility index (Phi) is 6.62. The molecule has 0 bridgehead atoms. The van der Waals surface area contributed by atoms with E-state index < -0.39 is 19.9 Å². The third-order valence-electron chi connectivity index (χ3n) is 5.11.